The van der Waals surface area contributed by atoms with Crippen LogP contribution in [-0.4, -0.2) is 9.97 Å². The molecule has 0 atom stereocenters. The van der Waals surface area contributed by atoms with Crippen LogP contribution in [0.5, 0.6) is 0 Å². The highest BCUT2D eigenvalue weighted by Gasteiger charge is 1.96. The molecule has 0 amide bonds. The zero-order valence-electron chi connectivity index (χ0n) is 5.92. The molecule has 2 aromatic rings. The first-order valence-corrected chi connectivity index (χ1v) is 4.43. The first-order chi connectivity index (χ1) is 5.25. The molecule has 0 saturated heterocycles. The predicted molar refractivity (Wildman–Crippen MR) is 49.5 cm³/mol. The van der Waals surface area contributed by atoms with Crippen molar-refractivity contribution in [1.29, 1.82) is 0 Å². The Morgan fingerprint density at radius 2 is 2.45 bits per heavy atom. The van der Waals surface area contributed by atoms with Gasteiger partial charge in [-0.1, -0.05) is 0 Å². The normalized spacial score (nSPS) is 10.6. The molecule has 0 aliphatic rings. The van der Waals surface area contributed by atoms with E-state index >= 15 is 0 Å². The molecule has 2 rings (SSSR count). The molecule has 2 aromatic heterocycles. The average Bonchev–Trinajstić information content (AvgIpc) is 2.27. The third-order valence-electron chi connectivity index (χ3n) is 1.41. The lowest BCUT2D eigenvalue weighted by atomic mass is 10.3. The van der Waals surface area contributed by atoms with Gasteiger partial charge in [0.2, 0.25) is 0 Å². The van der Waals surface area contributed by atoms with E-state index in [0.29, 0.717) is 0 Å². The molecule has 0 saturated carbocycles. The summed E-state index contributed by atoms with van der Waals surface area (Å²) in [5.41, 5.74) is 2.06. The summed E-state index contributed by atoms with van der Waals surface area (Å²) in [7, 11) is 0. The number of fused-ring (bicyclic) bond motifs is 1. The predicted octanol–water partition coefficient (Wildman–Crippen LogP) is 2.66. The summed E-state index contributed by atoms with van der Waals surface area (Å²) in [6, 6.07) is 2.08. The maximum Gasteiger partial charge on any atom is 0.160 e. The number of aromatic nitrogens is 2. The molecule has 2 nitrogen and oxygen atoms in total. The summed E-state index contributed by atoms with van der Waals surface area (Å²) < 4.78 is 1.92. The number of pyridine rings is 1. The Morgan fingerprint density at radius 3 is 3.27 bits per heavy atom. The number of H-pyrrole nitrogens is 1. The second-order valence-electron chi connectivity index (χ2n) is 2.37. The van der Waals surface area contributed by atoms with Crippen LogP contribution in [0, 0.1) is 10.9 Å². The Bertz CT molecular complexity index is 441. The van der Waals surface area contributed by atoms with E-state index in [1.54, 1.807) is 11.3 Å². The molecule has 4 heteroatoms. The van der Waals surface area contributed by atoms with Crippen molar-refractivity contribution in [3.8, 4) is 0 Å². The first kappa shape index (κ1) is 6.94. The Kier molecular flexibility index (Phi) is 1.51. The van der Waals surface area contributed by atoms with Crippen molar-refractivity contribution in [2.75, 3.05) is 0 Å². The van der Waals surface area contributed by atoms with Crippen LogP contribution in [0.15, 0.2) is 12.3 Å². The molecule has 0 unspecified atom stereocenters. The van der Waals surface area contributed by atoms with Crippen LogP contribution in [-0.2, 0) is 0 Å². The third-order valence-corrected chi connectivity index (χ3v) is 2.58. The van der Waals surface area contributed by atoms with E-state index in [-0.39, 0.29) is 0 Å². The zero-order chi connectivity index (χ0) is 7.84. The summed E-state index contributed by atoms with van der Waals surface area (Å²) in [6.45, 7) is 2.02. The number of aryl methyl sites for hydroxylation is 1. The van der Waals surface area contributed by atoms with Crippen LogP contribution in [0.3, 0.4) is 0 Å². The lowest BCUT2D eigenvalue weighted by Gasteiger charge is -1.88. The van der Waals surface area contributed by atoms with Crippen molar-refractivity contribution >= 4 is 33.9 Å². The minimum absolute atomic E-state index is 0.790. The zero-order valence-corrected chi connectivity index (χ0v) is 7.55. The first-order valence-electron chi connectivity index (χ1n) is 3.21. The van der Waals surface area contributed by atoms with E-state index in [2.05, 4.69) is 16.0 Å². The van der Waals surface area contributed by atoms with Gasteiger partial charge in [0, 0.05) is 6.20 Å². The van der Waals surface area contributed by atoms with Gasteiger partial charge in [0.05, 0.1) is 4.70 Å². The van der Waals surface area contributed by atoms with Crippen LogP contribution in [0.1, 0.15) is 5.56 Å². The van der Waals surface area contributed by atoms with Gasteiger partial charge in [-0.05, 0) is 30.8 Å². The lowest BCUT2D eigenvalue weighted by Crippen LogP contribution is -1.76. The molecule has 1 N–H and O–H groups in total. The highest BCUT2D eigenvalue weighted by atomic mass is 32.1. The number of aromatic amines is 1. The fourth-order valence-electron chi connectivity index (χ4n) is 0.936. The van der Waals surface area contributed by atoms with Gasteiger partial charge in [0.15, 0.2) is 3.95 Å². The number of hydrogen-bond donors (Lipinski definition) is 1. The van der Waals surface area contributed by atoms with Crippen LogP contribution in [0.4, 0.5) is 0 Å². The van der Waals surface area contributed by atoms with Gasteiger partial charge >= 0.3 is 0 Å². The topological polar surface area (TPSA) is 28.7 Å². The second kappa shape index (κ2) is 2.39. The van der Waals surface area contributed by atoms with E-state index in [4.69, 9.17) is 12.2 Å². The minimum Gasteiger partial charge on any atom is -0.322 e. The van der Waals surface area contributed by atoms with Gasteiger partial charge in [-0.15, -0.1) is 11.3 Å². The van der Waals surface area contributed by atoms with Gasteiger partial charge in [-0.25, -0.2) is 4.98 Å². The van der Waals surface area contributed by atoms with Crippen molar-refractivity contribution in [2.45, 2.75) is 6.92 Å². The molecule has 0 aliphatic heterocycles. The number of nitrogens with one attached hydrogen (secondary N) is 1. The van der Waals surface area contributed by atoms with Gasteiger partial charge in [0.1, 0.15) is 5.65 Å². The molecule has 0 aliphatic carbocycles. The summed E-state index contributed by atoms with van der Waals surface area (Å²) in [6.07, 6.45) is 1.83. The maximum atomic E-state index is 4.98. The molecule has 2 heterocycles. The summed E-state index contributed by atoms with van der Waals surface area (Å²) in [5.74, 6) is 0. The Morgan fingerprint density at radius 1 is 1.64 bits per heavy atom. The van der Waals surface area contributed by atoms with E-state index in [0.717, 1.165) is 14.3 Å². The minimum atomic E-state index is 0.790. The van der Waals surface area contributed by atoms with E-state index in [1.165, 1.54) is 5.56 Å². The maximum absolute atomic E-state index is 4.98. The third kappa shape index (κ3) is 1.19. The molecule has 0 bridgehead atoms. The summed E-state index contributed by atoms with van der Waals surface area (Å²) in [5, 5.41) is 0. The number of nitrogens with zero attached hydrogens (tertiary/aromatic N) is 1. The molecule has 0 fully saturated rings. The van der Waals surface area contributed by atoms with Crippen LogP contribution in [0.2, 0.25) is 0 Å². The van der Waals surface area contributed by atoms with Crippen LogP contribution < -0.4 is 0 Å². The average molecular weight is 182 g/mol. The van der Waals surface area contributed by atoms with Crippen molar-refractivity contribution in [3.63, 3.8) is 0 Å². The lowest BCUT2D eigenvalue weighted by molar-refractivity contribution is 1.28. The molecule has 56 valence electrons. The SMILES string of the molecule is Cc1cnc2[nH]c(=S)sc2c1. The van der Waals surface area contributed by atoms with Gasteiger partial charge < -0.3 is 4.98 Å². The molecule has 0 radical (unpaired) electrons. The van der Waals surface area contributed by atoms with Crippen LogP contribution in [0.25, 0.3) is 10.3 Å². The summed E-state index contributed by atoms with van der Waals surface area (Å²) >= 11 is 6.54. The smallest absolute Gasteiger partial charge is 0.160 e. The van der Waals surface area contributed by atoms with Crippen LogP contribution >= 0.6 is 23.6 Å². The highest BCUT2D eigenvalue weighted by molar-refractivity contribution is 7.73. The highest BCUT2D eigenvalue weighted by Crippen LogP contribution is 2.17. The fraction of sp³-hybridized carbons (Fsp3) is 0.143. The Balaban J connectivity index is 2.92. The standard InChI is InChI=1S/C7H6N2S2/c1-4-2-5-6(8-3-4)9-7(10)11-5/h2-3H,1H3,(H,8,9,10). The second-order valence-corrected chi connectivity index (χ2v) is 4.09. The number of hydrogen-bond acceptors (Lipinski definition) is 3. The fourth-order valence-corrected chi connectivity index (χ4v) is 2.09. The van der Waals surface area contributed by atoms with E-state index < -0.39 is 0 Å². The molecule has 11 heavy (non-hydrogen) atoms. The van der Waals surface area contributed by atoms with E-state index in [9.17, 15) is 0 Å². The molecule has 0 spiro atoms. The van der Waals surface area contributed by atoms with Gasteiger partial charge in [0.25, 0.3) is 0 Å². The molecular weight excluding hydrogens is 176 g/mol. The van der Waals surface area contributed by atoms with Gasteiger partial charge in [-0.2, -0.15) is 0 Å². The van der Waals surface area contributed by atoms with E-state index in [1.807, 2.05) is 13.1 Å². The summed E-state index contributed by atoms with van der Waals surface area (Å²) in [4.78, 5) is 7.20. The quantitative estimate of drug-likeness (QED) is 0.634. The van der Waals surface area contributed by atoms with Gasteiger partial charge in [-0.3, -0.25) is 0 Å². The molecule has 0 aromatic carbocycles. The Hall–Kier alpha value is -0.740. The van der Waals surface area contributed by atoms with Crippen molar-refractivity contribution in [3.05, 3.63) is 21.8 Å². The number of rotatable bonds is 0. The number of thiazole rings is 1. The van der Waals surface area contributed by atoms with Crippen molar-refractivity contribution < 1.29 is 0 Å². The molecular formula is C7H6N2S2. The van der Waals surface area contributed by atoms with Crippen molar-refractivity contribution in [1.82, 2.24) is 9.97 Å². The monoisotopic (exact) mass is 182 g/mol. The largest absolute Gasteiger partial charge is 0.322 e. The van der Waals surface area contributed by atoms with Crippen molar-refractivity contribution in [2.24, 2.45) is 0 Å². The Labute approximate surface area is 72.9 Å².